The standard InChI is InChI=1S/C21H22N4O2/c1-2-7-17-16(6-1)21(24-20(23-17)15-5-3-9-22-13-15)25-10-12-26-14-18(25)19-8-4-11-27-19/h1-3,5-7,9,13,18-19H,4,8,10-12,14H2. The van der Waals surface area contributed by atoms with Crippen molar-refractivity contribution in [1.29, 1.82) is 0 Å². The molecule has 27 heavy (non-hydrogen) atoms. The number of nitrogens with zero attached hydrogens (tertiary/aromatic N) is 4. The van der Waals surface area contributed by atoms with Gasteiger partial charge in [-0.1, -0.05) is 12.1 Å². The molecule has 0 saturated carbocycles. The zero-order valence-corrected chi connectivity index (χ0v) is 15.1. The quantitative estimate of drug-likeness (QED) is 0.714. The highest BCUT2D eigenvalue weighted by atomic mass is 16.5. The molecule has 2 aliphatic rings. The van der Waals surface area contributed by atoms with E-state index in [-0.39, 0.29) is 12.1 Å². The average molecular weight is 362 g/mol. The van der Waals surface area contributed by atoms with Gasteiger partial charge in [-0.25, -0.2) is 9.97 Å². The van der Waals surface area contributed by atoms with Gasteiger partial charge in [-0.15, -0.1) is 0 Å². The van der Waals surface area contributed by atoms with Crippen LogP contribution in [0.5, 0.6) is 0 Å². The topological polar surface area (TPSA) is 60.4 Å². The summed E-state index contributed by atoms with van der Waals surface area (Å²) in [7, 11) is 0. The van der Waals surface area contributed by atoms with Crippen LogP contribution in [0.15, 0.2) is 48.8 Å². The first-order valence-electron chi connectivity index (χ1n) is 9.53. The van der Waals surface area contributed by atoms with Gasteiger partial charge in [0.2, 0.25) is 0 Å². The van der Waals surface area contributed by atoms with Gasteiger partial charge in [0, 0.05) is 36.5 Å². The van der Waals surface area contributed by atoms with Gasteiger partial charge in [-0.3, -0.25) is 4.98 Å². The normalized spacial score (nSPS) is 23.0. The van der Waals surface area contributed by atoms with Crippen molar-refractivity contribution in [2.24, 2.45) is 0 Å². The zero-order chi connectivity index (χ0) is 18.1. The highest BCUT2D eigenvalue weighted by Gasteiger charge is 2.35. The van der Waals surface area contributed by atoms with Crippen LogP contribution in [0.1, 0.15) is 12.8 Å². The highest BCUT2D eigenvalue weighted by molar-refractivity contribution is 5.91. The molecule has 0 aliphatic carbocycles. The number of aromatic nitrogens is 3. The van der Waals surface area contributed by atoms with E-state index in [4.69, 9.17) is 19.4 Å². The fraction of sp³-hybridized carbons (Fsp3) is 0.381. The van der Waals surface area contributed by atoms with Gasteiger partial charge < -0.3 is 14.4 Å². The number of benzene rings is 1. The molecule has 2 atom stereocenters. The summed E-state index contributed by atoms with van der Waals surface area (Å²) in [6.07, 6.45) is 5.95. The molecular formula is C21H22N4O2. The van der Waals surface area contributed by atoms with Crippen molar-refractivity contribution in [2.45, 2.75) is 25.0 Å². The average Bonchev–Trinajstić information content (AvgIpc) is 3.28. The van der Waals surface area contributed by atoms with E-state index in [1.807, 2.05) is 36.5 Å². The smallest absolute Gasteiger partial charge is 0.163 e. The van der Waals surface area contributed by atoms with E-state index in [9.17, 15) is 0 Å². The number of fused-ring (bicyclic) bond motifs is 1. The molecule has 4 heterocycles. The minimum atomic E-state index is 0.182. The number of hydrogen-bond acceptors (Lipinski definition) is 6. The molecule has 2 aliphatic heterocycles. The number of hydrogen-bond donors (Lipinski definition) is 0. The first-order chi connectivity index (χ1) is 13.4. The van der Waals surface area contributed by atoms with Gasteiger partial charge in [0.15, 0.2) is 5.82 Å². The molecular weight excluding hydrogens is 340 g/mol. The van der Waals surface area contributed by atoms with E-state index >= 15 is 0 Å². The molecule has 0 bridgehead atoms. The van der Waals surface area contributed by atoms with E-state index in [2.05, 4.69) is 16.0 Å². The summed E-state index contributed by atoms with van der Waals surface area (Å²) in [6, 6.07) is 12.3. The summed E-state index contributed by atoms with van der Waals surface area (Å²) >= 11 is 0. The second kappa shape index (κ2) is 7.21. The minimum Gasteiger partial charge on any atom is -0.377 e. The first-order valence-corrected chi connectivity index (χ1v) is 9.53. The number of ether oxygens (including phenoxy) is 2. The van der Waals surface area contributed by atoms with E-state index < -0.39 is 0 Å². The largest absolute Gasteiger partial charge is 0.377 e. The summed E-state index contributed by atoms with van der Waals surface area (Å²) < 4.78 is 11.8. The van der Waals surface area contributed by atoms with Gasteiger partial charge in [0.05, 0.1) is 30.9 Å². The maximum Gasteiger partial charge on any atom is 0.163 e. The van der Waals surface area contributed by atoms with Gasteiger partial charge in [0.25, 0.3) is 0 Å². The summed E-state index contributed by atoms with van der Waals surface area (Å²) in [5.41, 5.74) is 1.87. The first kappa shape index (κ1) is 16.6. The summed E-state index contributed by atoms with van der Waals surface area (Å²) in [5.74, 6) is 1.66. The van der Waals surface area contributed by atoms with Crippen LogP contribution in [0, 0.1) is 0 Å². The summed E-state index contributed by atoms with van der Waals surface area (Å²) in [4.78, 5) is 16.4. The molecule has 2 aromatic heterocycles. The second-order valence-corrected chi connectivity index (χ2v) is 7.02. The molecule has 0 N–H and O–H groups in total. The molecule has 1 aromatic carbocycles. The Bertz CT molecular complexity index is 928. The van der Waals surface area contributed by atoms with E-state index in [1.165, 1.54) is 0 Å². The summed E-state index contributed by atoms with van der Waals surface area (Å²) in [6.45, 7) is 3.01. The monoisotopic (exact) mass is 362 g/mol. The van der Waals surface area contributed by atoms with Crippen LogP contribution in [-0.2, 0) is 9.47 Å². The van der Waals surface area contributed by atoms with Crippen molar-refractivity contribution >= 4 is 16.7 Å². The molecule has 6 nitrogen and oxygen atoms in total. The fourth-order valence-electron chi connectivity index (χ4n) is 4.00. The van der Waals surface area contributed by atoms with Gasteiger partial charge in [-0.2, -0.15) is 0 Å². The number of para-hydroxylation sites is 1. The molecule has 138 valence electrons. The third-order valence-electron chi connectivity index (χ3n) is 5.33. The van der Waals surface area contributed by atoms with Crippen molar-refractivity contribution in [3.8, 4) is 11.4 Å². The van der Waals surface area contributed by atoms with Crippen molar-refractivity contribution < 1.29 is 9.47 Å². The molecule has 6 heteroatoms. The van der Waals surface area contributed by atoms with Crippen LogP contribution >= 0.6 is 0 Å². The predicted molar refractivity (Wildman–Crippen MR) is 104 cm³/mol. The Morgan fingerprint density at radius 3 is 2.85 bits per heavy atom. The van der Waals surface area contributed by atoms with E-state index in [0.717, 1.165) is 48.3 Å². The second-order valence-electron chi connectivity index (χ2n) is 7.02. The predicted octanol–water partition coefficient (Wildman–Crippen LogP) is 3.08. The molecule has 2 saturated heterocycles. The molecule has 0 amide bonds. The molecule has 2 fully saturated rings. The maximum atomic E-state index is 6.00. The van der Waals surface area contributed by atoms with Crippen molar-refractivity contribution in [3.63, 3.8) is 0 Å². The lowest BCUT2D eigenvalue weighted by molar-refractivity contribution is 0.0198. The van der Waals surface area contributed by atoms with Crippen LogP contribution in [0.3, 0.4) is 0 Å². The molecule has 5 rings (SSSR count). The van der Waals surface area contributed by atoms with Gasteiger partial charge in [-0.05, 0) is 37.1 Å². The van der Waals surface area contributed by atoms with Crippen LogP contribution in [0.2, 0.25) is 0 Å². The van der Waals surface area contributed by atoms with Crippen LogP contribution in [-0.4, -0.2) is 53.5 Å². The number of pyridine rings is 1. The van der Waals surface area contributed by atoms with Crippen LogP contribution in [0.4, 0.5) is 5.82 Å². The lowest BCUT2D eigenvalue weighted by Crippen LogP contribution is -2.52. The lowest BCUT2D eigenvalue weighted by Gasteiger charge is -2.39. The summed E-state index contributed by atoms with van der Waals surface area (Å²) in [5, 5.41) is 1.06. The van der Waals surface area contributed by atoms with Crippen LogP contribution < -0.4 is 4.90 Å². The molecule has 3 aromatic rings. The Kier molecular flexibility index (Phi) is 4.43. The molecule has 0 radical (unpaired) electrons. The van der Waals surface area contributed by atoms with Crippen molar-refractivity contribution in [1.82, 2.24) is 15.0 Å². The van der Waals surface area contributed by atoms with Gasteiger partial charge in [0.1, 0.15) is 5.82 Å². The SMILES string of the molecule is c1cncc(-c2nc(N3CCOCC3C3CCCO3)c3ccccc3n2)c1. The molecule has 2 unspecified atom stereocenters. The maximum absolute atomic E-state index is 6.00. The number of rotatable bonds is 3. The van der Waals surface area contributed by atoms with E-state index in [0.29, 0.717) is 19.0 Å². The Balaban J connectivity index is 1.64. The third kappa shape index (κ3) is 3.15. The minimum absolute atomic E-state index is 0.182. The Morgan fingerprint density at radius 2 is 2.00 bits per heavy atom. The van der Waals surface area contributed by atoms with E-state index in [1.54, 1.807) is 6.20 Å². The Morgan fingerprint density at radius 1 is 1.04 bits per heavy atom. The van der Waals surface area contributed by atoms with Gasteiger partial charge >= 0.3 is 0 Å². The molecule has 0 spiro atoms. The Hall–Kier alpha value is -2.57. The van der Waals surface area contributed by atoms with Crippen molar-refractivity contribution in [3.05, 3.63) is 48.8 Å². The van der Waals surface area contributed by atoms with Crippen LogP contribution in [0.25, 0.3) is 22.3 Å². The number of morpholine rings is 1. The zero-order valence-electron chi connectivity index (χ0n) is 15.1. The van der Waals surface area contributed by atoms with Crippen molar-refractivity contribution in [2.75, 3.05) is 31.3 Å². The lowest BCUT2D eigenvalue weighted by atomic mass is 10.0. The third-order valence-corrected chi connectivity index (χ3v) is 5.33. The highest BCUT2D eigenvalue weighted by Crippen LogP contribution is 2.32. The number of anilines is 1. The fourth-order valence-corrected chi connectivity index (χ4v) is 4.00. The Labute approximate surface area is 158 Å².